The van der Waals surface area contributed by atoms with E-state index in [0.29, 0.717) is 12.5 Å². The zero-order valence-corrected chi connectivity index (χ0v) is 13.9. The summed E-state index contributed by atoms with van der Waals surface area (Å²) in [7, 11) is 2.07. The third-order valence-electron chi connectivity index (χ3n) is 4.82. The Bertz CT molecular complexity index is 615. The van der Waals surface area contributed by atoms with E-state index in [9.17, 15) is 5.11 Å². The molecule has 1 fully saturated rings. The van der Waals surface area contributed by atoms with Crippen molar-refractivity contribution in [3.8, 4) is 0 Å². The molecule has 3 rings (SSSR count). The first kappa shape index (κ1) is 16.1. The van der Waals surface area contributed by atoms with Crippen molar-refractivity contribution in [2.24, 2.45) is 13.0 Å². The molecule has 0 unspecified atom stereocenters. The lowest BCUT2D eigenvalue weighted by molar-refractivity contribution is 0.127. The minimum atomic E-state index is 0.340. The number of likely N-dealkylation sites (tertiary alicyclic amines) is 1. The van der Waals surface area contributed by atoms with Crippen molar-refractivity contribution in [3.63, 3.8) is 0 Å². The fraction of sp³-hybridized carbons (Fsp3) is 0.474. The van der Waals surface area contributed by atoms with Crippen LogP contribution in [0.5, 0.6) is 0 Å². The van der Waals surface area contributed by atoms with Gasteiger partial charge >= 0.3 is 0 Å². The fourth-order valence-corrected chi connectivity index (χ4v) is 3.24. The molecule has 0 bridgehead atoms. The van der Waals surface area contributed by atoms with E-state index < -0.39 is 0 Å². The van der Waals surface area contributed by atoms with Crippen LogP contribution in [0.4, 0.5) is 5.69 Å². The maximum Gasteiger partial charge on any atom is 0.0553 e. The first-order chi connectivity index (χ1) is 11.2. The van der Waals surface area contributed by atoms with Crippen LogP contribution in [0.1, 0.15) is 24.1 Å². The Morgan fingerprint density at radius 2 is 2.00 bits per heavy atom. The lowest BCUT2D eigenvalue weighted by atomic mass is 9.97. The zero-order chi connectivity index (χ0) is 16.1. The molecule has 23 heavy (non-hydrogen) atoms. The van der Waals surface area contributed by atoms with Crippen molar-refractivity contribution in [2.75, 3.05) is 25.0 Å². The molecular formula is C19H27N3O. The first-order valence-corrected chi connectivity index (χ1v) is 8.51. The maximum absolute atomic E-state index is 9.23. The van der Waals surface area contributed by atoms with Crippen molar-refractivity contribution in [3.05, 3.63) is 53.9 Å². The van der Waals surface area contributed by atoms with Crippen molar-refractivity contribution >= 4 is 5.69 Å². The summed E-state index contributed by atoms with van der Waals surface area (Å²) in [6.45, 7) is 4.36. The number of aromatic nitrogens is 1. The van der Waals surface area contributed by atoms with Crippen LogP contribution in [0.2, 0.25) is 0 Å². The predicted octanol–water partition coefficient (Wildman–Crippen LogP) is 2.84. The van der Waals surface area contributed by atoms with Crippen LogP contribution in [-0.2, 0) is 20.1 Å². The number of piperidine rings is 1. The maximum atomic E-state index is 9.23. The monoisotopic (exact) mass is 313 g/mol. The zero-order valence-electron chi connectivity index (χ0n) is 13.9. The quantitative estimate of drug-likeness (QED) is 0.861. The largest absolute Gasteiger partial charge is 0.396 e. The van der Waals surface area contributed by atoms with E-state index in [0.717, 1.165) is 39.0 Å². The normalized spacial score (nSPS) is 16.6. The third kappa shape index (κ3) is 4.36. The van der Waals surface area contributed by atoms with Crippen LogP contribution >= 0.6 is 0 Å². The first-order valence-electron chi connectivity index (χ1n) is 8.51. The van der Waals surface area contributed by atoms with Crippen molar-refractivity contribution in [1.29, 1.82) is 0 Å². The third-order valence-corrected chi connectivity index (χ3v) is 4.82. The molecule has 1 aliphatic rings. The molecule has 0 atom stereocenters. The van der Waals surface area contributed by atoms with Gasteiger partial charge in [0, 0.05) is 37.8 Å². The Morgan fingerprint density at radius 3 is 2.70 bits per heavy atom. The van der Waals surface area contributed by atoms with Gasteiger partial charge in [-0.25, -0.2) is 0 Å². The highest BCUT2D eigenvalue weighted by Crippen LogP contribution is 2.20. The average molecular weight is 313 g/mol. The number of rotatable bonds is 6. The smallest absolute Gasteiger partial charge is 0.0553 e. The summed E-state index contributed by atoms with van der Waals surface area (Å²) < 4.78 is 2.14. The summed E-state index contributed by atoms with van der Waals surface area (Å²) in [6.07, 6.45) is 4.30. The van der Waals surface area contributed by atoms with Gasteiger partial charge in [0.2, 0.25) is 0 Å². The molecule has 0 radical (unpaired) electrons. The van der Waals surface area contributed by atoms with Crippen LogP contribution in [0.25, 0.3) is 0 Å². The SMILES string of the molecule is Cn1cccc1CNc1cccc(CN2CCC(CO)CC2)c1. The molecule has 2 N–H and O–H groups in total. The standard InChI is InChI=1S/C19H27N3O/c1-21-9-3-6-19(21)13-20-18-5-2-4-17(12-18)14-22-10-7-16(15-23)8-11-22/h2-6,9,12,16,20,23H,7-8,10-11,13-15H2,1H3. The van der Waals surface area contributed by atoms with Gasteiger partial charge in [-0.15, -0.1) is 0 Å². The van der Waals surface area contributed by atoms with E-state index in [2.05, 4.69) is 64.4 Å². The summed E-state index contributed by atoms with van der Waals surface area (Å²) in [5.41, 5.74) is 3.81. The molecule has 0 aliphatic carbocycles. The van der Waals surface area contributed by atoms with Gasteiger partial charge in [0.15, 0.2) is 0 Å². The Hall–Kier alpha value is -1.78. The highest BCUT2D eigenvalue weighted by Gasteiger charge is 2.18. The molecule has 4 heteroatoms. The highest BCUT2D eigenvalue weighted by atomic mass is 16.3. The van der Waals surface area contributed by atoms with Gasteiger partial charge < -0.3 is 15.0 Å². The molecule has 1 aromatic heterocycles. The van der Waals surface area contributed by atoms with Gasteiger partial charge in [0.1, 0.15) is 0 Å². The number of aliphatic hydroxyl groups is 1. The Balaban J connectivity index is 1.54. The topological polar surface area (TPSA) is 40.4 Å². The average Bonchev–Trinajstić information content (AvgIpc) is 2.99. The lowest BCUT2D eigenvalue weighted by Gasteiger charge is -2.31. The van der Waals surface area contributed by atoms with Gasteiger partial charge in [0.25, 0.3) is 0 Å². The number of hydrogen-bond acceptors (Lipinski definition) is 3. The number of nitrogens with zero attached hydrogens (tertiary/aromatic N) is 2. The molecule has 124 valence electrons. The van der Waals surface area contributed by atoms with Crippen LogP contribution in [-0.4, -0.2) is 34.3 Å². The van der Waals surface area contributed by atoms with Crippen LogP contribution in [0.15, 0.2) is 42.6 Å². The second-order valence-corrected chi connectivity index (χ2v) is 6.57. The van der Waals surface area contributed by atoms with Gasteiger partial charge in [-0.05, 0) is 61.7 Å². The van der Waals surface area contributed by atoms with Crippen molar-refractivity contribution in [2.45, 2.75) is 25.9 Å². The number of anilines is 1. The molecule has 2 aromatic rings. The molecule has 1 saturated heterocycles. The number of nitrogens with one attached hydrogen (secondary N) is 1. The second kappa shape index (κ2) is 7.66. The highest BCUT2D eigenvalue weighted by molar-refractivity contribution is 5.46. The van der Waals surface area contributed by atoms with Crippen LogP contribution < -0.4 is 5.32 Å². The summed E-state index contributed by atoms with van der Waals surface area (Å²) in [4.78, 5) is 2.49. The van der Waals surface area contributed by atoms with Crippen molar-refractivity contribution in [1.82, 2.24) is 9.47 Å². The van der Waals surface area contributed by atoms with Crippen LogP contribution in [0.3, 0.4) is 0 Å². The molecule has 1 aliphatic heterocycles. The Labute approximate surface area is 138 Å². The van der Waals surface area contributed by atoms with Gasteiger partial charge in [0.05, 0.1) is 6.54 Å². The fourth-order valence-electron chi connectivity index (χ4n) is 3.24. The Morgan fingerprint density at radius 1 is 1.17 bits per heavy atom. The van der Waals surface area contributed by atoms with E-state index >= 15 is 0 Å². The van der Waals surface area contributed by atoms with E-state index in [1.807, 2.05) is 0 Å². The van der Waals surface area contributed by atoms with E-state index in [-0.39, 0.29) is 0 Å². The molecule has 1 aromatic carbocycles. The van der Waals surface area contributed by atoms with Gasteiger partial charge in [-0.2, -0.15) is 0 Å². The predicted molar refractivity (Wildman–Crippen MR) is 94.3 cm³/mol. The molecule has 4 nitrogen and oxygen atoms in total. The summed E-state index contributed by atoms with van der Waals surface area (Å²) in [6, 6.07) is 12.9. The van der Waals surface area contributed by atoms with Crippen LogP contribution in [0, 0.1) is 5.92 Å². The molecule has 2 heterocycles. The molecule has 0 amide bonds. The number of aliphatic hydroxyl groups excluding tert-OH is 1. The van der Waals surface area contributed by atoms with E-state index in [4.69, 9.17) is 0 Å². The number of benzene rings is 1. The molecule has 0 spiro atoms. The minimum Gasteiger partial charge on any atom is -0.396 e. The Kier molecular flexibility index (Phi) is 5.36. The number of aryl methyl sites for hydroxylation is 1. The summed E-state index contributed by atoms with van der Waals surface area (Å²) in [5, 5.41) is 12.7. The van der Waals surface area contributed by atoms with Gasteiger partial charge in [-0.1, -0.05) is 12.1 Å². The lowest BCUT2D eigenvalue weighted by Crippen LogP contribution is -2.34. The number of hydrogen-bond donors (Lipinski definition) is 2. The molecular weight excluding hydrogens is 286 g/mol. The van der Waals surface area contributed by atoms with Crippen molar-refractivity contribution < 1.29 is 5.11 Å². The summed E-state index contributed by atoms with van der Waals surface area (Å²) >= 11 is 0. The van der Waals surface area contributed by atoms with Gasteiger partial charge in [-0.3, -0.25) is 4.90 Å². The molecule has 0 saturated carbocycles. The minimum absolute atomic E-state index is 0.340. The second-order valence-electron chi connectivity index (χ2n) is 6.57. The van der Waals surface area contributed by atoms with E-state index in [1.165, 1.54) is 16.9 Å². The summed E-state index contributed by atoms with van der Waals surface area (Å²) in [5.74, 6) is 0.504. The van der Waals surface area contributed by atoms with E-state index in [1.54, 1.807) is 0 Å².